The van der Waals surface area contributed by atoms with Crippen LogP contribution in [-0.4, -0.2) is 22.5 Å². The molecule has 4 heteroatoms. The molecule has 0 aromatic carbocycles. The number of aromatic nitrogens is 1. The van der Waals surface area contributed by atoms with Gasteiger partial charge in [0, 0.05) is 18.8 Å². The average Bonchev–Trinajstić information content (AvgIpc) is 2.97. The SMILES string of the molecule is CC(C)CCN(Cc1ccnc(NN)c1)C1CCCC1. The van der Waals surface area contributed by atoms with E-state index in [9.17, 15) is 0 Å². The summed E-state index contributed by atoms with van der Waals surface area (Å²) >= 11 is 0. The van der Waals surface area contributed by atoms with Gasteiger partial charge in [-0.2, -0.15) is 0 Å². The van der Waals surface area contributed by atoms with Crippen molar-refractivity contribution in [2.75, 3.05) is 12.0 Å². The zero-order valence-corrected chi connectivity index (χ0v) is 12.8. The van der Waals surface area contributed by atoms with Crippen molar-refractivity contribution in [2.24, 2.45) is 11.8 Å². The third-order valence-corrected chi connectivity index (χ3v) is 4.19. The maximum Gasteiger partial charge on any atom is 0.140 e. The Hall–Kier alpha value is -1.13. The van der Waals surface area contributed by atoms with E-state index in [4.69, 9.17) is 5.84 Å². The molecule has 0 unspecified atom stereocenters. The maximum absolute atomic E-state index is 5.44. The minimum absolute atomic E-state index is 0.748. The Labute approximate surface area is 122 Å². The molecule has 3 N–H and O–H groups in total. The molecule has 0 spiro atoms. The smallest absolute Gasteiger partial charge is 0.140 e. The van der Waals surface area contributed by atoms with Gasteiger partial charge in [0.15, 0.2) is 0 Å². The van der Waals surface area contributed by atoms with E-state index in [1.807, 2.05) is 6.20 Å². The van der Waals surface area contributed by atoms with Crippen LogP contribution in [0.25, 0.3) is 0 Å². The summed E-state index contributed by atoms with van der Waals surface area (Å²) in [5.74, 6) is 6.95. The lowest BCUT2D eigenvalue weighted by Gasteiger charge is -2.29. The molecule has 0 atom stereocenters. The van der Waals surface area contributed by atoms with Crippen LogP contribution in [0.5, 0.6) is 0 Å². The fourth-order valence-corrected chi connectivity index (χ4v) is 2.97. The summed E-state index contributed by atoms with van der Waals surface area (Å²) < 4.78 is 0. The van der Waals surface area contributed by atoms with Crippen LogP contribution in [0.3, 0.4) is 0 Å². The number of hydrazine groups is 1. The normalized spacial score (nSPS) is 16.2. The first-order valence-electron chi connectivity index (χ1n) is 7.84. The van der Waals surface area contributed by atoms with Crippen molar-refractivity contribution in [3.05, 3.63) is 23.9 Å². The number of nitrogens with one attached hydrogen (secondary N) is 1. The minimum atomic E-state index is 0.748. The Morgan fingerprint density at radius 3 is 2.80 bits per heavy atom. The fourth-order valence-electron chi connectivity index (χ4n) is 2.97. The van der Waals surface area contributed by atoms with Gasteiger partial charge in [-0.25, -0.2) is 10.8 Å². The van der Waals surface area contributed by atoms with Crippen molar-refractivity contribution in [1.82, 2.24) is 9.88 Å². The Kier molecular flexibility index (Phi) is 5.80. The number of nitrogens with two attached hydrogens (primary N) is 1. The molecule has 20 heavy (non-hydrogen) atoms. The summed E-state index contributed by atoms with van der Waals surface area (Å²) in [7, 11) is 0. The molecule has 1 fully saturated rings. The van der Waals surface area contributed by atoms with Gasteiger partial charge in [0.05, 0.1) is 0 Å². The van der Waals surface area contributed by atoms with E-state index < -0.39 is 0 Å². The molecule has 0 amide bonds. The van der Waals surface area contributed by atoms with E-state index in [0.29, 0.717) is 0 Å². The van der Waals surface area contributed by atoms with Gasteiger partial charge in [-0.1, -0.05) is 26.7 Å². The molecule has 2 rings (SSSR count). The zero-order chi connectivity index (χ0) is 14.4. The lowest BCUT2D eigenvalue weighted by atomic mass is 10.1. The first-order chi connectivity index (χ1) is 9.69. The standard InChI is InChI=1S/C16H28N4/c1-13(2)8-10-20(15-5-3-4-6-15)12-14-7-9-18-16(11-14)19-17/h7,9,11,13,15H,3-6,8,10,12,17H2,1-2H3,(H,18,19). The summed E-state index contributed by atoms with van der Waals surface area (Å²) in [5.41, 5.74) is 3.93. The van der Waals surface area contributed by atoms with E-state index in [-0.39, 0.29) is 0 Å². The van der Waals surface area contributed by atoms with Crippen molar-refractivity contribution in [3.63, 3.8) is 0 Å². The summed E-state index contributed by atoms with van der Waals surface area (Å²) in [6.07, 6.45) is 8.57. The summed E-state index contributed by atoms with van der Waals surface area (Å²) in [5, 5.41) is 0. The molecule has 1 heterocycles. The molecule has 0 saturated heterocycles. The molecule has 1 aromatic heterocycles. The van der Waals surface area contributed by atoms with Crippen LogP contribution < -0.4 is 11.3 Å². The fraction of sp³-hybridized carbons (Fsp3) is 0.688. The lowest BCUT2D eigenvalue weighted by molar-refractivity contribution is 0.179. The summed E-state index contributed by atoms with van der Waals surface area (Å²) in [4.78, 5) is 6.84. The number of pyridine rings is 1. The van der Waals surface area contributed by atoms with Crippen molar-refractivity contribution in [2.45, 2.75) is 58.5 Å². The second kappa shape index (κ2) is 7.60. The predicted octanol–water partition coefficient (Wildman–Crippen LogP) is 3.16. The second-order valence-electron chi connectivity index (χ2n) is 6.28. The van der Waals surface area contributed by atoms with Crippen LogP contribution in [0.1, 0.15) is 51.5 Å². The monoisotopic (exact) mass is 276 g/mol. The molecule has 1 aromatic rings. The van der Waals surface area contributed by atoms with Gasteiger partial charge in [-0.15, -0.1) is 0 Å². The summed E-state index contributed by atoms with van der Waals surface area (Å²) in [6, 6.07) is 4.91. The highest BCUT2D eigenvalue weighted by atomic mass is 15.2. The second-order valence-corrected chi connectivity index (χ2v) is 6.28. The van der Waals surface area contributed by atoms with Crippen LogP contribution in [-0.2, 0) is 6.54 Å². The molecule has 0 radical (unpaired) electrons. The Balaban J connectivity index is 2.01. The van der Waals surface area contributed by atoms with Crippen molar-refractivity contribution in [1.29, 1.82) is 0 Å². The maximum atomic E-state index is 5.44. The Morgan fingerprint density at radius 2 is 2.15 bits per heavy atom. The van der Waals surface area contributed by atoms with Gasteiger partial charge in [0.2, 0.25) is 0 Å². The summed E-state index contributed by atoms with van der Waals surface area (Å²) in [6.45, 7) is 6.80. The van der Waals surface area contributed by atoms with E-state index in [1.54, 1.807) is 0 Å². The first kappa shape index (κ1) is 15.3. The van der Waals surface area contributed by atoms with Gasteiger partial charge < -0.3 is 5.43 Å². The van der Waals surface area contributed by atoms with Crippen LogP contribution in [0.4, 0.5) is 5.82 Å². The quantitative estimate of drug-likeness (QED) is 0.593. The molecule has 0 aliphatic heterocycles. The highest BCUT2D eigenvalue weighted by molar-refractivity contribution is 5.35. The van der Waals surface area contributed by atoms with E-state index >= 15 is 0 Å². The number of anilines is 1. The van der Waals surface area contributed by atoms with Crippen LogP contribution in [0.2, 0.25) is 0 Å². The Bertz CT molecular complexity index is 399. The number of hydrogen-bond acceptors (Lipinski definition) is 4. The number of hydrogen-bond donors (Lipinski definition) is 2. The third kappa shape index (κ3) is 4.46. The zero-order valence-electron chi connectivity index (χ0n) is 12.8. The first-order valence-corrected chi connectivity index (χ1v) is 7.84. The van der Waals surface area contributed by atoms with Crippen LogP contribution in [0, 0.1) is 5.92 Å². The Morgan fingerprint density at radius 1 is 1.40 bits per heavy atom. The molecule has 4 nitrogen and oxygen atoms in total. The van der Waals surface area contributed by atoms with Crippen molar-refractivity contribution < 1.29 is 0 Å². The van der Waals surface area contributed by atoms with Crippen molar-refractivity contribution >= 4 is 5.82 Å². The molecule has 0 bridgehead atoms. The van der Waals surface area contributed by atoms with Crippen molar-refractivity contribution in [3.8, 4) is 0 Å². The van der Waals surface area contributed by atoms with Gasteiger partial charge in [0.1, 0.15) is 5.82 Å². The minimum Gasteiger partial charge on any atom is -0.308 e. The molecule has 1 saturated carbocycles. The number of rotatable bonds is 7. The van der Waals surface area contributed by atoms with Gasteiger partial charge in [0.25, 0.3) is 0 Å². The van der Waals surface area contributed by atoms with E-state index in [0.717, 1.165) is 24.3 Å². The number of nitrogen functional groups attached to an aromatic ring is 1. The van der Waals surface area contributed by atoms with E-state index in [1.165, 1.54) is 44.2 Å². The van der Waals surface area contributed by atoms with Gasteiger partial charge >= 0.3 is 0 Å². The molecular formula is C16H28N4. The topological polar surface area (TPSA) is 54.2 Å². The average molecular weight is 276 g/mol. The predicted molar refractivity (Wildman–Crippen MR) is 84.2 cm³/mol. The highest BCUT2D eigenvalue weighted by Crippen LogP contribution is 2.25. The van der Waals surface area contributed by atoms with Gasteiger partial charge in [-0.05, 0) is 49.4 Å². The van der Waals surface area contributed by atoms with Crippen LogP contribution in [0.15, 0.2) is 18.3 Å². The molecule has 1 aliphatic rings. The molecule has 112 valence electrons. The molecule has 1 aliphatic carbocycles. The van der Waals surface area contributed by atoms with Crippen LogP contribution >= 0.6 is 0 Å². The third-order valence-electron chi connectivity index (χ3n) is 4.19. The highest BCUT2D eigenvalue weighted by Gasteiger charge is 2.22. The lowest BCUT2D eigenvalue weighted by Crippen LogP contribution is -2.34. The molecular weight excluding hydrogens is 248 g/mol. The largest absolute Gasteiger partial charge is 0.308 e. The van der Waals surface area contributed by atoms with Gasteiger partial charge in [-0.3, -0.25) is 4.90 Å². The number of nitrogens with zero attached hydrogens (tertiary/aromatic N) is 2. The van der Waals surface area contributed by atoms with E-state index in [2.05, 4.69) is 41.3 Å².